The van der Waals surface area contributed by atoms with Crippen molar-refractivity contribution in [3.8, 4) is 11.1 Å². The number of carbonyl (C=O) groups is 1. The normalized spacial score (nSPS) is 14.0. The first-order valence-electron chi connectivity index (χ1n) is 9.30. The zero-order chi connectivity index (χ0) is 17.7. The highest BCUT2D eigenvalue weighted by molar-refractivity contribution is 6.16. The van der Waals surface area contributed by atoms with Crippen LogP contribution in [0.15, 0.2) is 66.7 Å². The van der Waals surface area contributed by atoms with Crippen LogP contribution >= 0.6 is 0 Å². The minimum atomic E-state index is 0.290. The molecule has 0 fully saturated rings. The van der Waals surface area contributed by atoms with Crippen molar-refractivity contribution < 1.29 is 4.79 Å². The molecule has 0 atom stereocenters. The molecule has 0 saturated carbocycles. The minimum absolute atomic E-state index is 0.290. The number of fused-ring (bicyclic) bond motifs is 5. The summed E-state index contributed by atoms with van der Waals surface area (Å²) in [5.74, 6) is 0.290. The van der Waals surface area contributed by atoms with Gasteiger partial charge in [-0.15, -0.1) is 0 Å². The van der Waals surface area contributed by atoms with Crippen molar-refractivity contribution >= 4 is 27.3 Å². The van der Waals surface area contributed by atoms with Gasteiger partial charge < -0.3 is 0 Å². The molecule has 0 bridgehead atoms. The predicted octanol–water partition coefficient (Wildman–Crippen LogP) is 6.49. The Morgan fingerprint density at radius 3 is 2.23 bits per heavy atom. The van der Waals surface area contributed by atoms with E-state index < -0.39 is 0 Å². The Labute approximate surface area is 153 Å². The third-order valence-corrected chi connectivity index (χ3v) is 5.65. The third-order valence-electron chi connectivity index (χ3n) is 5.65. The van der Waals surface area contributed by atoms with Crippen molar-refractivity contribution in [2.45, 2.75) is 26.2 Å². The van der Waals surface area contributed by atoms with E-state index in [2.05, 4.69) is 67.6 Å². The molecule has 0 aliphatic heterocycles. The fraction of sp³-hybridized carbons (Fsp3) is 0.160. The van der Waals surface area contributed by atoms with E-state index in [-0.39, 0.29) is 5.78 Å². The molecular weight excluding hydrogens is 316 g/mol. The smallest absolute Gasteiger partial charge is 0.163 e. The van der Waals surface area contributed by atoms with Gasteiger partial charge in [0.15, 0.2) is 5.78 Å². The minimum Gasteiger partial charge on any atom is -0.294 e. The highest BCUT2D eigenvalue weighted by atomic mass is 16.1. The molecule has 0 aromatic heterocycles. The molecule has 0 amide bonds. The van der Waals surface area contributed by atoms with E-state index in [1.165, 1.54) is 43.8 Å². The summed E-state index contributed by atoms with van der Waals surface area (Å²) in [6, 6.07) is 23.8. The molecule has 1 heteroatoms. The van der Waals surface area contributed by atoms with Crippen LogP contribution in [-0.4, -0.2) is 5.78 Å². The number of ketones is 1. The van der Waals surface area contributed by atoms with Crippen LogP contribution in [0.2, 0.25) is 0 Å². The molecular formula is C25H20O. The van der Waals surface area contributed by atoms with E-state index in [1.54, 1.807) is 0 Å². The van der Waals surface area contributed by atoms with E-state index in [0.29, 0.717) is 6.42 Å². The quantitative estimate of drug-likeness (QED) is 0.363. The first-order chi connectivity index (χ1) is 12.7. The zero-order valence-electron chi connectivity index (χ0n) is 14.9. The van der Waals surface area contributed by atoms with Crippen molar-refractivity contribution in [2.75, 3.05) is 0 Å². The summed E-state index contributed by atoms with van der Waals surface area (Å²) in [4.78, 5) is 12.4. The maximum atomic E-state index is 12.4. The Morgan fingerprint density at radius 1 is 0.692 bits per heavy atom. The number of rotatable bonds is 1. The van der Waals surface area contributed by atoms with E-state index in [4.69, 9.17) is 0 Å². The van der Waals surface area contributed by atoms with Gasteiger partial charge in [-0.1, -0.05) is 66.2 Å². The fourth-order valence-electron chi connectivity index (χ4n) is 4.30. The van der Waals surface area contributed by atoms with Crippen molar-refractivity contribution in [3.63, 3.8) is 0 Å². The van der Waals surface area contributed by atoms with E-state index in [1.807, 2.05) is 6.07 Å². The van der Waals surface area contributed by atoms with Crippen molar-refractivity contribution in [1.29, 1.82) is 0 Å². The fourth-order valence-corrected chi connectivity index (χ4v) is 4.30. The molecule has 0 unspecified atom stereocenters. The molecule has 0 spiro atoms. The lowest BCUT2D eigenvalue weighted by molar-refractivity contribution is 0.0973. The van der Waals surface area contributed by atoms with Crippen LogP contribution in [0.3, 0.4) is 0 Å². The topological polar surface area (TPSA) is 17.1 Å². The molecule has 0 N–H and O–H groups in total. The van der Waals surface area contributed by atoms with Crippen LogP contribution in [0.25, 0.3) is 32.7 Å². The lowest BCUT2D eigenvalue weighted by Crippen LogP contribution is -2.11. The number of hydrogen-bond acceptors (Lipinski definition) is 1. The Kier molecular flexibility index (Phi) is 3.43. The lowest BCUT2D eigenvalue weighted by Gasteiger charge is -2.19. The molecule has 1 nitrogen and oxygen atoms in total. The second kappa shape index (κ2) is 5.81. The molecule has 0 heterocycles. The molecule has 4 aromatic carbocycles. The Morgan fingerprint density at radius 2 is 1.42 bits per heavy atom. The maximum Gasteiger partial charge on any atom is 0.163 e. The van der Waals surface area contributed by atoms with Gasteiger partial charge in [0, 0.05) is 12.0 Å². The summed E-state index contributed by atoms with van der Waals surface area (Å²) in [6.45, 7) is 2.12. The molecule has 1 aliphatic carbocycles. The van der Waals surface area contributed by atoms with Crippen LogP contribution in [0.5, 0.6) is 0 Å². The van der Waals surface area contributed by atoms with Gasteiger partial charge in [0.2, 0.25) is 0 Å². The number of aryl methyl sites for hydroxylation is 2. The highest BCUT2D eigenvalue weighted by Crippen LogP contribution is 2.38. The lowest BCUT2D eigenvalue weighted by atomic mass is 9.84. The summed E-state index contributed by atoms with van der Waals surface area (Å²) >= 11 is 0. The Bertz CT molecular complexity index is 1170. The van der Waals surface area contributed by atoms with Crippen LogP contribution in [0.1, 0.15) is 34.3 Å². The van der Waals surface area contributed by atoms with Gasteiger partial charge in [0.1, 0.15) is 0 Å². The van der Waals surface area contributed by atoms with Crippen LogP contribution in [0.4, 0.5) is 0 Å². The van der Waals surface area contributed by atoms with Gasteiger partial charge >= 0.3 is 0 Å². The standard InChI is InChI=1S/C25H20O/c1-16-9-11-17(12-10-16)23-15-24-20-7-4-8-25(26)22(20)14-13-21(24)18-5-2-3-6-19(18)23/h2-3,5-6,9-15H,4,7-8H2,1H3. The Hall–Kier alpha value is -2.93. The SMILES string of the molecule is Cc1ccc(-c2cc3c4c(ccc3c3ccccc23)C(=O)CCC4)cc1. The highest BCUT2D eigenvalue weighted by Gasteiger charge is 2.20. The summed E-state index contributed by atoms with van der Waals surface area (Å²) in [5, 5.41) is 5.03. The second-order valence-corrected chi connectivity index (χ2v) is 7.30. The van der Waals surface area contributed by atoms with Crippen LogP contribution in [-0.2, 0) is 6.42 Å². The van der Waals surface area contributed by atoms with Gasteiger partial charge in [-0.3, -0.25) is 4.79 Å². The first-order valence-corrected chi connectivity index (χ1v) is 9.30. The molecule has 0 saturated heterocycles. The molecule has 1 aliphatic rings. The van der Waals surface area contributed by atoms with Gasteiger partial charge in [-0.2, -0.15) is 0 Å². The molecule has 5 rings (SSSR count). The van der Waals surface area contributed by atoms with Crippen LogP contribution in [0, 0.1) is 6.92 Å². The van der Waals surface area contributed by atoms with Crippen LogP contribution < -0.4 is 0 Å². The molecule has 4 aromatic rings. The summed E-state index contributed by atoms with van der Waals surface area (Å²) in [7, 11) is 0. The van der Waals surface area contributed by atoms with E-state index in [0.717, 1.165) is 18.4 Å². The summed E-state index contributed by atoms with van der Waals surface area (Å²) < 4.78 is 0. The van der Waals surface area contributed by atoms with Gasteiger partial charge in [-0.25, -0.2) is 0 Å². The Balaban J connectivity index is 1.91. The van der Waals surface area contributed by atoms with E-state index >= 15 is 0 Å². The van der Waals surface area contributed by atoms with Gasteiger partial charge in [0.25, 0.3) is 0 Å². The monoisotopic (exact) mass is 336 g/mol. The summed E-state index contributed by atoms with van der Waals surface area (Å²) in [6.07, 6.45) is 2.62. The van der Waals surface area contributed by atoms with Gasteiger partial charge in [-0.05, 0) is 64.1 Å². The zero-order valence-corrected chi connectivity index (χ0v) is 14.9. The molecule has 0 radical (unpaired) electrons. The molecule has 26 heavy (non-hydrogen) atoms. The van der Waals surface area contributed by atoms with Crippen molar-refractivity contribution in [2.24, 2.45) is 0 Å². The number of benzene rings is 4. The maximum absolute atomic E-state index is 12.4. The predicted molar refractivity (Wildman–Crippen MR) is 109 cm³/mol. The summed E-state index contributed by atoms with van der Waals surface area (Å²) in [5.41, 5.74) is 5.90. The average Bonchev–Trinajstić information content (AvgIpc) is 2.68. The number of hydrogen-bond donors (Lipinski definition) is 0. The van der Waals surface area contributed by atoms with Gasteiger partial charge in [0.05, 0.1) is 0 Å². The number of carbonyl (C=O) groups excluding carboxylic acids is 1. The van der Waals surface area contributed by atoms with E-state index in [9.17, 15) is 4.79 Å². The molecule has 126 valence electrons. The van der Waals surface area contributed by atoms with Crippen molar-refractivity contribution in [1.82, 2.24) is 0 Å². The largest absolute Gasteiger partial charge is 0.294 e. The first kappa shape index (κ1) is 15.3. The number of Topliss-reactive ketones (excluding diaryl/α,β-unsaturated/α-hetero) is 1. The average molecular weight is 336 g/mol. The van der Waals surface area contributed by atoms with Crippen molar-refractivity contribution in [3.05, 3.63) is 83.4 Å². The third kappa shape index (κ3) is 2.28. The second-order valence-electron chi connectivity index (χ2n) is 7.30.